The number of pyridine rings is 1. The van der Waals surface area contributed by atoms with Crippen molar-refractivity contribution in [2.24, 2.45) is 0 Å². The van der Waals surface area contributed by atoms with Crippen LogP contribution >= 0.6 is 46.6 Å². The van der Waals surface area contributed by atoms with Crippen LogP contribution in [0.4, 0.5) is 5.82 Å². The number of nitrogens with one attached hydrogen (secondary N) is 1. The van der Waals surface area contributed by atoms with Crippen molar-refractivity contribution in [1.29, 1.82) is 0 Å². The molecule has 11 heteroatoms. The van der Waals surface area contributed by atoms with Gasteiger partial charge in [-0.3, -0.25) is 4.79 Å². The highest BCUT2D eigenvalue weighted by Crippen LogP contribution is 2.26. The van der Waals surface area contributed by atoms with Gasteiger partial charge in [-0.1, -0.05) is 46.6 Å². The molecule has 0 saturated heterocycles. The van der Waals surface area contributed by atoms with Crippen molar-refractivity contribution in [3.8, 4) is 5.69 Å². The number of hydrogen-bond donors (Lipinski definition) is 1. The second kappa shape index (κ2) is 8.22. The zero-order valence-electron chi connectivity index (χ0n) is 13.3. The molecule has 0 spiro atoms. The minimum absolute atomic E-state index is 0.0770. The number of amides is 1. The van der Waals surface area contributed by atoms with Gasteiger partial charge in [0.05, 0.1) is 27.2 Å². The molecule has 1 N–H and O–H groups in total. The first kappa shape index (κ1) is 18.9. The van der Waals surface area contributed by atoms with Crippen molar-refractivity contribution in [2.45, 2.75) is 12.1 Å². The smallest absolute Gasteiger partial charge is 0.236 e. The van der Waals surface area contributed by atoms with Gasteiger partial charge in [0.25, 0.3) is 0 Å². The van der Waals surface area contributed by atoms with Gasteiger partial charge >= 0.3 is 0 Å². The third-order valence-corrected chi connectivity index (χ3v) is 5.05. The maximum atomic E-state index is 12.2. The second-order valence-corrected chi connectivity index (χ2v) is 7.27. The summed E-state index contributed by atoms with van der Waals surface area (Å²) in [6.07, 6.45) is 0. The summed E-state index contributed by atoms with van der Waals surface area (Å²) in [6, 6.07) is 8.56. The molecule has 0 aliphatic heterocycles. The van der Waals surface area contributed by atoms with Crippen LogP contribution in [0.25, 0.3) is 5.69 Å². The number of tetrazole rings is 1. The summed E-state index contributed by atoms with van der Waals surface area (Å²) in [7, 11) is 0. The summed E-state index contributed by atoms with van der Waals surface area (Å²) in [6.45, 7) is 1.73. The Morgan fingerprint density at radius 3 is 2.65 bits per heavy atom. The molecule has 2 heterocycles. The number of carbonyl (C=O) groups excluding carboxylic acids is 1. The van der Waals surface area contributed by atoms with E-state index in [4.69, 9.17) is 34.8 Å². The van der Waals surface area contributed by atoms with E-state index in [2.05, 4.69) is 25.8 Å². The Balaban J connectivity index is 1.67. The summed E-state index contributed by atoms with van der Waals surface area (Å²) >= 11 is 19.0. The van der Waals surface area contributed by atoms with Crippen molar-refractivity contribution in [3.63, 3.8) is 0 Å². The van der Waals surface area contributed by atoms with Gasteiger partial charge in [0.1, 0.15) is 0 Å². The van der Waals surface area contributed by atoms with Gasteiger partial charge in [-0.25, -0.2) is 4.98 Å². The number of benzene rings is 1. The topological polar surface area (TPSA) is 85.6 Å². The largest absolute Gasteiger partial charge is 0.309 e. The molecule has 0 atom stereocenters. The second-order valence-electron chi connectivity index (χ2n) is 5.07. The van der Waals surface area contributed by atoms with E-state index in [9.17, 15) is 4.79 Å². The van der Waals surface area contributed by atoms with Gasteiger partial charge in [-0.05, 0) is 47.7 Å². The summed E-state index contributed by atoms with van der Waals surface area (Å²) < 4.78 is 1.52. The number of aryl methyl sites for hydroxylation is 1. The zero-order chi connectivity index (χ0) is 18.7. The molecule has 3 rings (SSSR count). The molecule has 0 saturated carbocycles. The number of aromatic nitrogens is 5. The van der Waals surface area contributed by atoms with Crippen LogP contribution in [0.15, 0.2) is 35.5 Å². The normalized spacial score (nSPS) is 10.8. The van der Waals surface area contributed by atoms with Gasteiger partial charge in [-0.15, -0.1) is 5.10 Å². The lowest BCUT2D eigenvalue weighted by Crippen LogP contribution is -2.16. The predicted octanol–water partition coefficient (Wildman–Crippen LogP) is 4.06. The van der Waals surface area contributed by atoms with E-state index in [-0.39, 0.29) is 22.5 Å². The highest BCUT2D eigenvalue weighted by atomic mass is 35.5. The fourth-order valence-corrected chi connectivity index (χ4v) is 3.18. The molecule has 0 radical (unpaired) electrons. The Bertz CT molecular complexity index is 947. The van der Waals surface area contributed by atoms with Gasteiger partial charge in [-0.2, -0.15) is 4.68 Å². The molecular formula is C15H11Cl3N6OS. The van der Waals surface area contributed by atoms with Crippen molar-refractivity contribution >= 4 is 58.3 Å². The number of halogens is 3. The summed E-state index contributed by atoms with van der Waals surface area (Å²) in [5, 5.41) is 15.9. The molecule has 0 unspecified atom stereocenters. The molecule has 0 aliphatic rings. The van der Waals surface area contributed by atoms with Crippen LogP contribution < -0.4 is 5.32 Å². The Morgan fingerprint density at radius 2 is 1.92 bits per heavy atom. The van der Waals surface area contributed by atoms with E-state index in [0.717, 1.165) is 5.69 Å². The molecule has 3 aromatic rings. The van der Waals surface area contributed by atoms with Crippen LogP contribution in [-0.4, -0.2) is 36.9 Å². The first-order chi connectivity index (χ1) is 12.4. The minimum atomic E-state index is -0.295. The number of nitrogens with zero attached hydrogens (tertiary/aromatic N) is 5. The standard InChI is InChI=1S/C15H11Cl3N6OS/c1-8-11(17)6-12(18)14(19-8)20-13(25)7-26-15-21-22-23-24(15)10-4-2-9(16)3-5-10/h2-6H,7H2,1H3,(H,19,20,25). The lowest BCUT2D eigenvalue weighted by Gasteiger charge is -2.08. The van der Waals surface area contributed by atoms with Crippen LogP contribution in [0.2, 0.25) is 15.1 Å². The lowest BCUT2D eigenvalue weighted by molar-refractivity contribution is -0.113. The van der Waals surface area contributed by atoms with E-state index in [1.807, 2.05) is 0 Å². The maximum Gasteiger partial charge on any atom is 0.236 e. The average Bonchev–Trinajstić information content (AvgIpc) is 3.07. The van der Waals surface area contributed by atoms with E-state index in [0.29, 0.717) is 20.9 Å². The molecule has 0 fully saturated rings. The van der Waals surface area contributed by atoms with Crippen molar-refractivity contribution < 1.29 is 4.79 Å². The fraction of sp³-hybridized carbons (Fsp3) is 0.133. The first-order valence-electron chi connectivity index (χ1n) is 7.23. The van der Waals surface area contributed by atoms with Crippen molar-refractivity contribution in [1.82, 2.24) is 25.2 Å². The SMILES string of the molecule is Cc1nc(NC(=O)CSc2nnnn2-c2ccc(Cl)cc2)c(Cl)cc1Cl. The predicted molar refractivity (Wildman–Crippen MR) is 103 cm³/mol. The van der Waals surface area contributed by atoms with E-state index >= 15 is 0 Å². The molecule has 0 aliphatic carbocycles. The Kier molecular flexibility index (Phi) is 5.98. The van der Waals surface area contributed by atoms with Gasteiger partial charge in [0.15, 0.2) is 5.82 Å². The molecule has 2 aromatic heterocycles. The molecule has 26 heavy (non-hydrogen) atoms. The quantitative estimate of drug-likeness (QED) is 0.616. The van der Waals surface area contributed by atoms with E-state index < -0.39 is 0 Å². The van der Waals surface area contributed by atoms with Crippen LogP contribution in [-0.2, 0) is 4.79 Å². The third kappa shape index (κ3) is 4.45. The third-order valence-electron chi connectivity index (χ3n) is 3.21. The van der Waals surface area contributed by atoms with Crippen LogP contribution in [0.3, 0.4) is 0 Å². The Morgan fingerprint density at radius 1 is 1.19 bits per heavy atom. The van der Waals surface area contributed by atoms with Gasteiger partial charge in [0, 0.05) is 5.02 Å². The Hall–Kier alpha value is -1.87. The summed E-state index contributed by atoms with van der Waals surface area (Å²) in [5.74, 6) is 0.0430. The lowest BCUT2D eigenvalue weighted by atomic mass is 10.3. The van der Waals surface area contributed by atoms with E-state index in [1.54, 1.807) is 31.2 Å². The van der Waals surface area contributed by atoms with Crippen LogP contribution in [0.5, 0.6) is 0 Å². The van der Waals surface area contributed by atoms with Crippen LogP contribution in [0.1, 0.15) is 5.69 Å². The van der Waals surface area contributed by atoms with Gasteiger partial charge in [0.2, 0.25) is 11.1 Å². The number of hydrogen-bond acceptors (Lipinski definition) is 6. The first-order valence-corrected chi connectivity index (χ1v) is 9.35. The van der Waals surface area contributed by atoms with Crippen molar-refractivity contribution in [3.05, 3.63) is 51.1 Å². The summed E-state index contributed by atoms with van der Waals surface area (Å²) in [4.78, 5) is 16.4. The maximum absolute atomic E-state index is 12.2. The zero-order valence-corrected chi connectivity index (χ0v) is 16.4. The van der Waals surface area contributed by atoms with Gasteiger partial charge < -0.3 is 5.32 Å². The number of thioether (sulfide) groups is 1. The monoisotopic (exact) mass is 428 g/mol. The fourth-order valence-electron chi connectivity index (χ4n) is 1.96. The molecule has 134 valence electrons. The Labute approximate surface area is 168 Å². The number of rotatable bonds is 5. The highest BCUT2D eigenvalue weighted by molar-refractivity contribution is 7.99. The van der Waals surface area contributed by atoms with Crippen molar-refractivity contribution in [2.75, 3.05) is 11.1 Å². The molecule has 1 amide bonds. The average molecular weight is 430 g/mol. The molecule has 1 aromatic carbocycles. The van der Waals surface area contributed by atoms with E-state index in [1.165, 1.54) is 22.5 Å². The molecular weight excluding hydrogens is 419 g/mol. The number of carbonyl (C=O) groups is 1. The molecule has 0 bridgehead atoms. The highest BCUT2D eigenvalue weighted by Gasteiger charge is 2.14. The molecule has 7 nitrogen and oxygen atoms in total. The number of anilines is 1. The van der Waals surface area contributed by atoms with Crippen LogP contribution in [0, 0.1) is 6.92 Å². The summed E-state index contributed by atoms with van der Waals surface area (Å²) in [5.41, 5.74) is 1.31. The minimum Gasteiger partial charge on any atom is -0.309 e.